The zero-order valence-electron chi connectivity index (χ0n) is 9.74. The molecule has 86 valence electrons. The molecule has 0 spiro atoms. The Labute approximate surface area is 92.1 Å². The largest absolute Gasteiger partial charge is 0.396 e. The van der Waals surface area contributed by atoms with Gasteiger partial charge in [-0.05, 0) is 24.0 Å². The van der Waals surface area contributed by atoms with Crippen molar-refractivity contribution < 1.29 is 5.11 Å². The van der Waals surface area contributed by atoms with Crippen LogP contribution in [-0.2, 0) is 13.1 Å². The van der Waals surface area contributed by atoms with Gasteiger partial charge in [0.15, 0.2) is 0 Å². The van der Waals surface area contributed by atoms with Crippen LogP contribution >= 0.6 is 0 Å². The van der Waals surface area contributed by atoms with Crippen LogP contribution in [0.4, 0.5) is 0 Å². The number of aliphatic hydroxyl groups excluding tert-OH is 1. The molecule has 1 atom stereocenters. The van der Waals surface area contributed by atoms with Gasteiger partial charge in [0.25, 0.3) is 0 Å². The lowest BCUT2D eigenvalue weighted by Crippen LogP contribution is -2.22. The monoisotopic (exact) mass is 210 g/mol. The molecule has 0 saturated heterocycles. The lowest BCUT2D eigenvalue weighted by atomic mass is 10.2. The summed E-state index contributed by atoms with van der Waals surface area (Å²) in [4.78, 5) is 0. The molecular weight excluding hydrogens is 188 g/mol. The van der Waals surface area contributed by atoms with Gasteiger partial charge < -0.3 is 15.0 Å². The molecule has 3 heteroatoms. The van der Waals surface area contributed by atoms with E-state index >= 15 is 0 Å². The molecule has 0 aliphatic carbocycles. The molecule has 0 aromatic carbocycles. The lowest BCUT2D eigenvalue weighted by molar-refractivity contribution is 0.233. The smallest absolute Gasteiger partial charge is 0.0468 e. The van der Waals surface area contributed by atoms with E-state index < -0.39 is 0 Å². The molecule has 0 saturated carbocycles. The summed E-state index contributed by atoms with van der Waals surface area (Å²) in [6.07, 6.45) is 5.47. The second kappa shape index (κ2) is 6.64. The van der Waals surface area contributed by atoms with Gasteiger partial charge in [0.1, 0.15) is 0 Å². The SMILES string of the molecule is CCCn1ccc(CNCC(C)CO)c1. The van der Waals surface area contributed by atoms with Crippen LogP contribution in [0.5, 0.6) is 0 Å². The number of hydrogen-bond acceptors (Lipinski definition) is 2. The normalized spacial score (nSPS) is 13.0. The fourth-order valence-corrected chi connectivity index (χ4v) is 1.52. The van der Waals surface area contributed by atoms with E-state index in [-0.39, 0.29) is 6.61 Å². The molecule has 15 heavy (non-hydrogen) atoms. The lowest BCUT2D eigenvalue weighted by Gasteiger charge is -2.08. The van der Waals surface area contributed by atoms with Gasteiger partial charge in [-0.1, -0.05) is 13.8 Å². The van der Waals surface area contributed by atoms with Gasteiger partial charge in [0.2, 0.25) is 0 Å². The number of rotatable bonds is 7. The molecule has 1 rings (SSSR count). The molecule has 0 bridgehead atoms. The maximum atomic E-state index is 8.86. The van der Waals surface area contributed by atoms with E-state index in [0.29, 0.717) is 5.92 Å². The van der Waals surface area contributed by atoms with Gasteiger partial charge in [-0.25, -0.2) is 0 Å². The predicted octanol–water partition coefficient (Wildman–Crippen LogP) is 1.62. The van der Waals surface area contributed by atoms with Crippen molar-refractivity contribution in [2.45, 2.75) is 33.4 Å². The van der Waals surface area contributed by atoms with Crippen LogP contribution in [0.1, 0.15) is 25.8 Å². The van der Waals surface area contributed by atoms with Crippen molar-refractivity contribution in [2.75, 3.05) is 13.2 Å². The van der Waals surface area contributed by atoms with Gasteiger partial charge in [-0.2, -0.15) is 0 Å². The second-order valence-corrected chi connectivity index (χ2v) is 4.18. The minimum atomic E-state index is 0.254. The summed E-state index contributed by atoms with van der Waals surface area (Å²) in [5.74, 6) is 0.336. The van der Waals surface area contributed by atoms with Crippen LogP contribution in [0.3, 0.4) is 0 Å². The van der Waals surface area contributed by atoms with E-state index in [1.54, 1.807) is 0 Å². The Morgan fingerprint density at radius 1 is 1.53 bits per heavy atom. The molecule has 0 amide bonds. The van der Waals surface area contributed by atoms with Gasteiger partial charge >= 0.3 is 0 Å². The summed E-state index contributed by atoms with van der Waals surface area (Å²) in [5, 5.41) is 12.2. The summed E-state index contributed by atoms with van der Waals surface area (Å²) >= 11 is 0. The Kier molecular flexibility index (Phi) is 5.43. The van der Waals surface area contributed by atoms with Crippen LogP contribution < -0.4 is 5.32 Å². The summed E-state index contributed by atoms with van der Waals surface area (Å²) in [6, 6.07) is 2.15. The van der Waals surface area contributed by atoms with E-state index in [4.69, 9.17) is 5.11 Å². The molecule has 1 unspecified atom stereocenters. The van der Waals surface area contributed by atoms with Crippen LogP contribution in [0.2, 0.25) is 0 Å². The summed E-state index contributed by atoms with van der Waals surface area (Å²) < 4.78 is 2.21. The van der Waals surface area contributed by atoms with E-state index in [0.717, 1.165) is 19.6 Å². The number of aryl methyl sites for hydroxylation is 1. The average molecular weight is 210 g/mol. The summed E-state index contributed by atoms with van der Waals surface area (Å²) in [7, 11) is 0. The molecule has 0 aliphatic heterocycles. The van der Waals surface area contributed by atoms with Crippen molar-refractivity contribution >= 4 is 0 Å². The highest BCUT2D eigenvalue weighted by Gasteiger charge is 2.00. The van der Waals surface area contributed by atoms with E-state index in [1.807, 2.05) is 6.92 Å². The maximum absolute atomic E-state index is 8.86. The Bertz CT molecular complexity index is 270. The maximum Gasteiger partial charge on any atom is 0.0468 e. The number of hydrogen-bond donors (Lipinski definition) is 2. The van der Waals surface area contributed by atoms with Crippen molar-refractivity contribution in [2.24, 2.45) is 5.92 Å². The fourth-order valence-electron chi connectivity index (χ4n) is 1.52. The number of aliphatic hydroxyl groups is 1. The van der Waals surface area contributed by atoms with Crippen LogP contribution in [0, 0.1) is 5.92 Å². The standard InChI is InChI=1S/C12H22N2O/c1-3-5-14-6-4-12(9-14)8-13-7-11(2)10-15/h4,6,9,11,13,15H,3,5,7-8,10H2,1-2H3. The first-order valence-corrected chi connectivity index (χ1v) is 5.72. The quantitative estimate of drug-likeness (QED) is 0.717. The van der Waals surface area contributed by atoms with Gasteiger partial charge in [0, 0.05) is 38.6 Å². The third kappa shape index (κ3) is 4.49. The zero-order chi connectivity index (χ0) is 11.1. The highest BCUT2D eigenvalue weighted by molar-refractivity contribution is 5.09. The van der Waals surface area contributed by atoms with Gasteiger partial charge in [0.05, 0.1) is 0 Å². The highest BCUT2D eigenvalue weighted by atomic mass is 16.3. The molecule has 0 aliphatic rings. The summed E-state index contributed by atoms with van der Waals surface area (Å²) in [6.45, 7) is 7.32. The predicted molar refractivity (Wildman–Crippen MR) is 62.7 cm³/mol. The van der Waals surface area contributed by atoms with E-state index in [1.165, 1.54) is 12.0 Å². The molecule has 0 fully saturated rings. The minimum absolute atomic E-state index is 0.254. The molecule has 1 aromatic heterocycles. The molecule has 1 aromatic rings. The Morgan fingerprint density at radius 3 is 3.00 bits per heavy atom. The van der Waals surface area contributed by atoms with Crippen molar-refractivity contribution in [3.05, 3.63) is 24.0 Å². The van der Waals surface area contributed by atoms with Crippen molar-refractivity contribution in [1.82, 2.24) is 9.88 Å². The van der Waals surface area contributed by atoms with Crippen LogP contribution in [0.25, 0.3) is 0 Å². The Balaban J connectivity index is 2.25. The molecule has 0 radical (unpaired) electrons. The third-order valence-electron chi connectivity index (χ3n) is 2.43. The van der Waals surface area contributed by atoms with Crippen molar-refractivity contribution in [3.63, 3.8) is 0 Å². The first-order valence-electron chi connectivity index (χ1n) is 5.72. The average Bonchev–Trinajstić information content (AvgIpc) is 2.66. The number of nitrogens with one attached hydrogen (secondary N) is 1. The van der Waals surface area contributed by atoms with Crippen molar-refractivity contribution in [3.8, 4) is 0 Å². The first-order chi connectivity index (χ1) is 7.26. The Hall–Kier alpha value is -0.800. The zero-order valence-corrected chi connectivity index (χ0v) is 9.74. The van der Waals surface area contributed by atoms with E-state index in [2.05, 4.69) is 35.3 Å². The molecule has 2 N–H and O–H groups in total. The Morgan fingerprint density at radius 2 is 2.33 bits per heavy atom. The first kappa shape index (κ1) is 12.3. The second-order valence-electron chi connectivity index (χ2n) is 4.18. The van der Waals surface area contributed by atoms with Crippen molar-refractivity contribution in [1.29, 1.82) is 0 Å². The summed E-state index contributed by atoms with van der Waals surface area (Å²) in [5.41, 5.74) is 1.31. The minimum Gasteiger partial charge on any atom is -0.396 e. The number of nitrogens with zero attached hydrogens (tertiary/aromatic N) is 1. The van der Waals surface area contributed by atoms with Gasteiger partial charge in [-0.15, -0.1) is 0 Å². The van der Waals surface area contributed by atoms with Gasteiger partial charge in [-0.3, -0.25) is 0 Å². The fraction of sp³-hybridized carbons (Fsp3) is 0.667. The third-order valence-corrected chi connectivity index (χ3v) is 2.43. The molecule has 3 nitrogen and oxygen atoms in total. The topological polar surface area (TPSA) is 37.2 Å². The highest BCUT2D eigenvalue weighted by Crippen LogP contribution is 2.02. The van der Waals surface area contributed by atoms with E-state index in [9.17, 15) is 0 Å². The molecular formula is C12H22N2O. The molecule has 1 heterocycles. The van der Waals surface area contributed by atoms with Crippen LogP contribution in [0.15, 0.2) is 18.5 Å². The number of aromatic nitrogens is 1. The van der Waals surface area contributed by atoms with Crippen LogP contribution in [-0.4, -0.2) is 22.8 Å².